The molecule has 0 unspecified atom stereocenters. The molecule has 0 bridgehead atoms. The fourth-order valence-electron chi connectivity index (χ4n) is 4.81. The highest BCUT2D eigenvalue weighted by atomic mass is 16.5. The first-order valence-corrected chi connectivity index (χ1v) is 11.7. The van der Waals surface area contributed by atoms with Crippen LogP contribution < -0.4 is 10.6 Å². The maximum Gasteiger partial charge on any atom is 0.407 e. The smallest absolute Gasteiger partial charge is 0.407 e. The Labute approximate surface area is 204 Å². The lowest BCUT2D eigenvalue weighted by Gasteiger charge is -2.23. The van der Waals surface area contributed by atoms with E-state index in [1.807, 2.05) is 36.4 Å². The SMILES string of the molecule is CN(C)C[C@H](NC(=O)OCC1c2ccccc2-c2ccccc21)C(=O)NC[C@H]1CCO[C@H]1C(=O)O. The van der Waals surface area contributed by atoms with Gasteiger partial charge in [0.25, 0.3) is 0 Å². The van der Waals surface area contributed by atoms with Gasteiger partial charge >= 0.3 is 12.1 Å². The molecule has 0 radical (unpaired) electrons. The summed E-state index contributed by atoms with van der Waals surface area (Å²) in [6, 6.07) is 15.3. The first-order chi connectivity index (χ1) is 16.8. The largest absolute Gasteiger partial charge is 0.479 e. The standard InChI is InChI=1S/C26H31N3O6/c1-29(2)14-22(24(30)27-13-16-11-12-34-23(16)25(31)32)28-26(33)35-15-21-19-9-5-3-7-17(19)18-8-4-6-10-20(18)21/h3-10,16,21-23H,11-15H2,1-2H3,(H,27,30)(H,28,33)(H,31,32)/t16-,22+,23-/m1/s1. The Hall–Kier alpha value is -3.43. The highest BCUT2D eigenvalue weighted by molar-refractivity contribution is 5.86. The van der Waals surface area contributed by atoms with Gasteiger partial charge in [0.15, 0.2) is 6.10 Å². The summed E-state index contributed by atoms with van der Waals surface area (Å²) in [6.45, 7) is 0.915. The molecule has 2 aliphatic rings. The third-order valence-electron chi connectivity index (χ3n) is 6.50. The summed E-state index contributed by atoms with van der Waals surface area (Å²) in [7, 11) is 3.59. The quantitative estimate of drug-likeness (QED) is 0.502. The number of carboxylic acid groups (broad SMARTS) is 1. The van der Waals surface area contributed by atoms with Crippen molar-refractivity contribution in [2.24, 2.45) is 5.92 Å². The van der Waals surface area contributed by atoms with Gasteiger partial charge in [0.05, 0.1) is 0 Å². The molecular formula is C26H31N3O6. The molecule has 9 heteroatoms. The first-order valence-electron chi connectivity index (χ1n) is 11.7. The number of carbonyl (C=O) groups is 3. The van der Waals surface area contributed by atoms with Crippen LogP contribution in [0, 0.1) is 5.92 Å². The number of nitrogens with zero attached hydrogens (tertiary/aromatic N) is 1. The Bertz CT molecular complexity index is 1040. The highest BCUT2D eigenvalue weighted by Gasteiger charge is 2.35. The van der Waals surface area contributed by atoms with Crippen molar-refractivity contribution in [1.82, 2.24) is 15.5 Å². The van der Waals surface area contributed by atoms with Crippen LogP contribution in [-0.4, -0.2) is 80.5 Å². The number of fused-ring (bicyclic) bond motifs is 3. The minimum atomic E-state index is -1.04. The van der Waals surface area contributed by atoms with Gasteiger partial charge in [-0.15, -0.1) is 0 Å². The lowest BCUT2D eigenvalue weighted by atomic mass is 9.98. The van der Waals surface area contributed by atoms with Crippen molar-refractivity contribution in [2.45, 2.75) is 24.5 Å². The topological polar surface area (TPSA) is 117 Å². The molecule has 0 spiro atoms. The van der Waals surface area contributed by atoms with E-state index in [0.717, 1.165) is 22.3 Å². The second-order valence-electron chi connectivity index (χ2n) is 9.21. The van der Waals surface area contributed by atoms with Crippen LogP contribution in [0.4, 0.5) is 4.79 Å². The number of alkyl carbamates (subject to hydrolysis) is 1. The van der Waals surface area contributed by atoms with Gasteiger partial charge in [-0.25, -0.2) is 9.59 Å². The van der Waals surface area contributed by atoms with Crippen molar-refractivity contribution in [2.75, 3.05) is 40.4 Å². The van der Waals surface area contributed by atoms with E-state index in [2.05, 4.69) is 22.8 Å². The average Bonchev–Trinajstić information content (AvgIpc) is 3.43. The molecule has 1 heterocycles. The lowest BCUT2D eigenvalue weighted by molar-refractivity contribution is -0.149. The Morgan fingerprint density at radius 2 is 1.71 bits per heavy atom. The third kappa shape index (κ3) is 5.63. The van der Waals surface area contributed by atoms with Crippen molar-refractivity contribution in [3.05, 3.63) is 59.7 Å². The number of nitrogens with one attached hydrogen (secondary N) is 2. The Balaban J connectivity index is 1.36. The minimum Gasteiger partial charge on any atom is -0.479 e. The number of amides is 2. The molecule has 3 atom stereocenters. The minimum absolute atomic E-state index is 0.0791. The molecule has 4 rings (SSSR count). The number of likely N-dealkylation sites (N-methyl/N-ethyl adjacent to an activating group) is 1. The van der Waals surface area contributed by atoms with Gasteiger partial charge in [-0.1, -0.05) is 48.5 Å². The van der Waals surface area contributed by atoms with E-state index in [9.17, 15) is 19.5 Å². The summed E-state index contributed by atoms with van der Waals surface area (Å²) in [6.07, 6.45) is -1.06. The van der Waals surface area contributed by atoms with E-state index in [-0.39, 0.29) is 31.5 Å². The van der Waals surface area contributed by atoms with Gasteiger partial charge in [0.2, 0.25) is 5.91 Å². The van der Waals surface area contributed by atoms with Crippen molar-refractivity contribution < 1.29 is 29.0 Å². The zero-order valence-electron chi connectivity index (χ0n) is 19.9. The molecule has 1 saturated heterocycles. The number of benzene rings is 2. The molecule has 9 nitrogen and oxygen atoms in total. The fourth-order valence-corrected chi connectivity index (χ4v) is 4.81. The molecule has 0 saturated carbocycles. The van der Waals surface area contributed by atoms with Gasteiger partial charge in [-0.2, -0.15) is 0 Å². The monoisotopic (exact) mass is 481 g/mol. The average molecular weight is 482 g/mol. The van der Waals surface area contributed by atoms with E-state index in [0.29, 0.717) is 13.0 Å². The molecule has 2 aromatic rings. The van der Waals surface area contributed by atoms with Crippen LogP contribution in [0.2, 0.25) is 0 Å². The van der Waals surface area contributed by atoms with Gasteiger partial charge < -0.3 is 30.1 Å². The van der Waals surface area contributed by atoms with Crippen LogP contribution in [-0.2, 0) is 19.1 Å². The van der Waals surface area contributed by atoms with E-state index < -0.39 is 30.1 Å². The first kappa shape index (κ1) is 24.7. The summed E-state index contributed by atoms with van der Waals surface area (Å²) >= 11 is 0. The van der Waals surface area contributed by atoms with Crippen LogP contribution >= 0.6 is 0 Å². The van der Waals surface area contributed by atoms with Crippen molar-refractivity contribution in [1.29, 1.82) is 0 Å². The van der Waals surface area contributed by atoms with Crippen LogP contribution in [0.1, 0.15) is 23.5 Å². The van der Waals surface area contributed by atoms with E-state index >= 15 is 0 Å². The van der Waals surface area contributed by atoms with Crippen molar-refractivity contribution in [3.63, 3.8) is 0 Å². The van der Waals surface area contributed by atoms with Crippen LogP contribution in [0.15, 0.2) is 48.5 Å². The number of hydrogen-bond donors (Lipinski definition) is 3. The molecule has 1 aliphatic heterocycles. The van der Waals surface area contributed by atoms with Gasteiger partial charge in [-0.3, -0.25) is 4.79 Å². The molecule has 3 N–H and O–H groups in total. The zero-order valence-corrected chi connectivity index (χ0v) is 19.9. The number of carbonyl (C=O) groups excluding carboxylic acids is 2. The fraction of sp³-hybridized carbons (Fsp3) is 0.423. The zero-order chi connectivity index (χ0) is 24.9. The van der Waals surface area contributed by atoms with Gasteiger partial charge in [0.1, 0.15) is 12.6 Å². The normalized spacial score (nSPS) is 19.6. The van der Waals surface area contributed by atoms with E-state index in [1.165, 1.54) is 0 Å². The van der Waals surface area contributed by atoms with Crippen molar-refractivity contribution in [3.8, 4) is 11.1 Å². The molecule has 2 aromatic carbocycles. The molecule has 186 valence electrons. The molecule has 0 aromatic heterocycles. The van der Waals surface area contributed by atoms with Crippen LogP contribution in [0.25, 0.3) is 11.1 Å². The Kier molecular flexibility index (Phi) is 7.67. The van der Waals surface area contributed by atoms with Crippen LogP contribution in [0.5, 0.6) is 0 Å². The number of carboxylic acids is 1. The second-order valence-corrected chi connectivity index (χ2v) is 9.21. The van der Waals surface area contributed by atoms with Gasteiger partial charge in [0, 0.05) is 31.5 Å². The molecule has 1 fully saturated rings. The third-order valence-corrected chi connectivity index (χ3v) is 6.50. The predicted molar refractivity (Wildman–Crippen MR) is 129 cm³/mol. The maximum absolute atomic E-state index is 12.8. The molecule has 2 amide bonds. The Morgan fingerprint density at radius 1 is 1.09 bits per heavy atom. The second kappa shape index (κ2) is 10.9. The molecular weight excluding hydrogens is 450 g/mol. The summed E-state index contributed by atoms with van der Waals surface area (Å²) in [5, 5.41) is 14.7. The number of aliphatic carboxylic acids is 1. The Morgan fingerprint density at radius 3 is 2.31 bits per heavy atom. The van der Waals surface area contributed by atoms with Crippen molar-refractivity contribution >= 4 is 18.0 Å². The summed E-state index contributed by atoms with van der Waals surface area (Å²) in [5.74, 6) is -1.83. The van der Waals surface area contributed by atoms with Crippen LogP contribution in [0.3, 0.4) is 0 Å². The summed E-state index contributed by atoms with van der Waals surface area (Å²) in [4.78, 5) is 38.6. The lowest BCUT2D eigenvalue weighted by Crippen LogP contribution is -2.53. The number of hydrogen-bond acceptors (Lipinski definition) is 6. The summed E-state index contributed by atoms with van der Waals surface area (Å²) in [5.41, 5.74) is 4.49. The van der Waals surface area contributed by atoms with E-state index in [1.54, 1.807) is 19.0 Å². The number of ether oxygens (including phenoxy) is 2. The van der Waals surface area contributed by atoms with E-state index in [4.69, 9.17) is 9.47 Å². The summed E-state index contributed by atoms with van der Waals surface area (Å²) < 4.78 is 10.8. The predicted octanol–water partition coefficient (Wildman–Crippen LogP) is 2.06. The molecule has 1 aliphatic carbocycles. The molecule has 35 heavy (non-hydrogen) atoms. The maximum atomic E-state index is 12.8. The van der Waals surface area contributed by atoms with Gasteiger partial charge in [-0.05, 0) is 42.8 Å². The highest BCUT2D eigenvalue weighted by Crippen LogP contribution is 2.44. The number of rotatable bonds is 9.